The van der Waals surface area contributed by atoms with Crippen molar-refractivity contribution in [2.24, 2.45) is 0 Å². The lowest BCUT2D eigenvalue weighted by Crippen LogP contribution is -2.07. The van der Waals surface area contributed by atoms with Crippen molar-refractivity contribution >= 4 is 27.3 Å². The molecule has 1 atom stereocenters. The van der Waals surface area contributed by atoms with Crippen LogP contribution in [0.3, 0.4) is 0 Å². The maximum Gasteiger partial charge on any atom is 0.132 e. The molecule has 1 N–H and O–H groups in total. The molecule has 0 aliphatic heterocycles. The molecule has 2 aromatic heterocycles. The summed E-state index contributed by atoms with van der Waals surface area (Å²) in [5, 5.41) is 18.5. The SMILES string of the molecule is Cc1cc(C(O)c2cnnn2-c2ccccc2)sc1Br. The summed E-state index contributed by atoms with van der Waals surface area (Å²) in [5.41, 5.74) is 2.65. The highest BCUT2D eigenvalue weighted by Gasteiger charge is 2.20. The minimum atomic E-state index is -0.736. The van der Waals surface area contributed by atoms with Crippen LogP contribution >= 0.6 is 27.3 Å². The minimum absolute atomic E-state index is 0.657. The molecule has 3 aromatic rings. The molecule has 0 aliphatic rings. The van der Waals surface area contributed by atoms with Crippen molar-refractivity contribution in [3.05, 3.63) is 62.5 Å². The van der Waals surface area contributed by atoms with E-state index in [9.17, 15) is 5.11 Å². The zero-order valence-electron chi connectivity index (χ0n) is 10.7. The van der Waals surface area contributed by atoms with Gasteiger partial charge >= 0.3 is 0 Å². The van der Waals surface area contributed by atoms with Crippen LogP contribution in [-0.4, -0.2) is 20.1 Å². The van der Waals surface area contributed by atoms with Gasteiger partial charge < -0.3 is 5.11 Å². The number of halogens is 1. The third-order valence-electron chi connectivity index (χ3n) is 3.00. The first-order valence-electron chi connectivity index (χ1n) is 6.06. The summed E-state index contributed by atoms with van der Waals surface area (Å²) in [5.74, 6) is 0. The molecule has 0 fully saturated rings. The largest absolute Gasteiger partial charge is 0.381 e. The van der Waals surface area contributed by atoms with Crippen molar-refractivity contribution in [1.82, 2.24) is 15.0 Å². The van der Waals surface area contributed by atoms with Gasteiger partial charge in [-0.3, -0.25) is 0 Å². The molecule has 102 valence electrons. The third-order valence-corrected chi connectivity index (χ3v) is 5.19. The maximum atomic E-state index is 10.5. The number of rotatable bonds is 3. The number of aliphatic hydroxyl groups excluding tert-OH is 1. The average molecular weight is 350 g/mol. The zero-order chi connectivity index (χ0) is 14.1. The molecule has 0 radical (unpaired) electrons. The summed E-state index contributed by atoms with van der Waals surface area (Å²) < 4.78 is 2.69. The van der Waals surface area contributed by atoms with Crippen molar-refractivity contribution in [3.63, 3.8) is 0 Å². The van der Waals surface area contributed by atoms with E-state index in [0.717, 1.165) is 19.9 Å². The molecule has 0 aliphatic carbocycles. The Morgan fingerprint density at radius 2 is 2.05 bits per heavy atom. The molecule has 0 spiro atoms. The van der Waals surface area contributed by atoms with Gasteiger partial charge in [0, 0.05) is 4.88 Å². The predicted molar refractivity (Wildman–Crippen MR) is 82.2 cm³/mol. The van der Waals surface area contributed by atoms with Gasteiger partial charge in [0.05, 0.1) is 21.4 Å². The molecule has 0 bridgehead atoms. The average Bonchev–Trinajstić information content (AvgIpc) is 3.07. The van der Waals surface area contributed by atoms with Crippen LogP contribution < -0.4 is 0 Å². The summed E-state index contributed by atoms with van der Waals surface area (Å²) in [7, 11) is 0. The topological polar surface area (TPSA) is 50.9 Å². The number of aryl methyl sites for hydroxylation is 1. The van der Waals surface area contributed by atoms with E-state index in [1.165, 1.54) is 11.3 Å². The van der Waals surface area contributed by atoms with E-state index in [0.29, 0.717) is 5.69 Å². The van der Waals surface area contributed by atoms with Gasteiger partial charge in [0.1, 0.15) is 6.10 Å². The molecule has 3 rings (SSSR count). The second-order valence-corrected chi connectivity index (χ2v) is 6.82. The Morgan fingerprint density at radius 3 is 2.70 bits per heavy atom. The van der Waals surface area contributed by atoms with Crippen molar-refractivity contribution in [3.8, 4) is 5.69 Å². The lowest BCUT2D eigenvalue weighted by atomic mass is 10.2. The van der Waals surface area contributed by atoms with Crippen LogP contribution in [-0.2, 0) is 0 Å². The van der Waals surface area contributed by atoms with Crippen LogP contribution in [0.2, 0.25) is 0 Å². The second kappa shape index (κ2) is 5.47. The number of aromatic nitrogens is 3. The Bertz CT molecular complexity index is 704. The van der Waals surface area contributed by atoms with Crippen LogP contribution in [0.5, 0.6) is 0 Å². The van der Waals surface area contributed by atoms with E-state index in [1.54, 1.807) is 10.9 Å². The van der Waals surface area contributed by atoms with E-state index in [2.05, 4.69) is 26.2 Å². The van der Waals surface area contributed by atoms with E-state index in [4.69, 9.17) is 0 Å². The van der Waals surface area contributed by atoms with Crippen LogP contribution in [0.1, 0.15) is 22.2 Å². The van der Waals surface area contributed by atoms with Crippen LogP contribution in [0.4, 0.5) is 0 Å². The number of hydrogen-bond acceptors (Lipinski definition) is 4. The number of nitrogens with zero attached hydrogens (tertiary/aromatic N) is 3. The first kappa shape index (κ1) is 13.5. The quantitative estimate of drug-likeness (QED) is 0.787. The Hall–Kier alpha value is -1.50. The fraction of sp³-hybridized carbons (Fsp3) is 0.143. The molecule has 6 heteroatoms. The lowest BCUT2D eigenvalue weighted by molar-refractivity contribution is 0.215. The molecular weight excluding hydrogens is 338 g/mol. The number of hydrogen-bond donors (Lipinski definition) is 1. The molecular formula is C14H12BrN3OS. The number of para-hydroxylation sites is 1. The van der Waals surface area contributed by atoms with E-state index in [1.807, 2.05) is 43.3 Å². The second-order valence-electron chi connectivity index (χ2n) is 4.41. The van der Waals surface area contributed by atoms with Crippen molar-refractivity contribution in [2.45, 2.75) is 13.0 Å². The number of benzene rings is 1. The highest BCUT2D eigenvalue weighted by Crippen LogP contribution is 2.34. The Morgan fingerprint density at radius 1 is 1.30 bits per heavy atom. The monoisotopic (exact) mass is 349 g/mol. The highest BCUT2D eigenvalue weighted by atomic mass is 79.9. The Labute approximate surface area is 128 Å². The third kappa shape index (κ3) is 2.42. The minimum Gasteiger partial charge on any atom is -0.381 e. The first-order chi connectivity index (χ1) is 9.66. The first-order valence-corrected chi connectivity index (χ1v) is 7.67. The number of aliphatic hydroxyl groups is 1. The summed E-state index contributed by atoms with van der Waals surface area (Å²) in [4.78, 5) is 0.869. The summed E-state index contributed by atoms with van der Waals surface area (Å²) in [6.07, 6.45) is 0.862. The van der Waals surface area contributed by atoms with Gasteiger partial charge in [0.2, 0.25) is 0 Å². The van der Waals surface area contributed by atoms with Crippen LogP contribution in [0, 0.1) is 6.92 Å². The standard InChI is InChI=1S/C14H12BrN3OS/c1-9-7-12(20-14(9)15)13(19)11-8-16-17-18(11)10-5-3-2-4-6-10/h2-8,13,19H,1H3. The Kier molecular flexibility index (Phi) is 3.69. The van der Waals surface area contributed by atoms with Gasteiger partial charge in [-0.2, -0.15) is 0 Å². The zero-order valence-corrected chi connectivity index (χ0v) is 13.1. The normalized spacial score (nSPS) is 12.6. The molecule has 1 aromatic carbocycles. The van der Waals surface area contributed by atoms with Gasteiger partial charge in [-0.05, 0) is 46.6 Å². The van der Waals surface area contributed by atoms with Crippen molar-refractivity contribution in [2.75, 3.05) is 0 Å². The van der Waals surface area contributed by atoms with Crippen molar-refractivity contribution < 1.29 is 5.11 Å². The molecule has 0 saturated carbocycles. The Balaban J connectivity index is 2.01. The maximum absolute atomic E-state index is 10.5. The van der Waals surface area contributed by atoms with Gasteiger partial charge in [0.25, 0.3) is 0 Å². The molecule has 0 saturated heterocycles. The van der Waals surface area contributed by atoms with E-state index in [-0.39, 0.29) is 0 Å². The summed E-state index contributed by atoms with van der Waals surface area (Å²) in [6.45, 7) is 2.00. The predicted octanol–water partition coefficient (Wildman–Crippen LogP) is 3.48. The lowest BCUT2D eigenvalue weighted by Gasteiger charge is -2.10. The molecule has 2 heterocycles. The highest BCUT2D eigenvalue weighted by molar-refractivity contribution is 9.11. The fourth-order valence-electron chi connectivity index (χ4n) is 1.96. The van der Waals surface area contributed by atoms with E-state index >= 15 is 0 Å². The van der Waals surface area contributed by atoms with Crippen LogP contribution in [0.15, 0.2) is 46.4 Å². The molecule has 20 heavy (non-hydrogen) atoms. The molecule has 1 unspecified atom stereocenters. The van der Waals surface area contributed by atoms with Crippen LogP contribution in [0.25, 0.3) is 5.69 Å². The summed E-state index contributed by atoms with van der Waals surface area (Å²) >= 11 is 5.00. The van der Waals surface area contributed by atoms with Gasteiger partial charge in [-0.1, -0.05) is 23.4 Å². The van der Waals surface area contributed by atoms with Gasteiger partial charge in [0.15, 0.2) is 0 Å². The number of thiophene rings is 1. The fourth-order valence-corrected chi connectivity index (χ4v) is 3.53. The van der Waals surface area contributed by atoms with Crippen molar-refractivity contribution in [1.29, 1.82) is 0 Å². The summed E-state index contributed by atoms with van der Waals surface area (Å²) in [6, 6.07) is 11.6. The smallest absolute Gasteiger partial charge is 0.132 e. The van der Waals surface area contributed by atoms with Gasteiger partial charge in [-0.15, -0.1) is 16.4 Å². The molecule has 4 nitrogen and oxygen atoms in total. The van der Waals surface area contributed by atoms with E-state index < -0.39 is 6.10 Å². The molecule has 0 amide bonds. The van der Waals surface area contributed by atoms with Gasteiger partial charge in [-0.25, -0.2) is 4.68 Å².